The molecule has 2 aliphatic rings. The van der Waals surface area contributed by atoms with Crippen molar-refractivity contribution in [2.75, 3.05) is 48.4 Å². The van der Waals surface area contributed by atoms with E-state index in [2.05, 4.69) is 19.9 Å². The lowest BCUT2D eigenvalue weighted by molar-refractivity contribution is -0.140. The molecule has 4 rings (SSSR count). The van der Waals surface area contributed by atoms with Crippen molar-refractivity contribution in [2.24, 2.45) is 0 Å². The first-order valence-corrected chi connectivity index (χ1v) is 9.71. The second-order valence-electron chi connectivity index (χ2n) is 7.21. The van der Waals surface area contributed by atoms with Gasteiger partial charge in [0.1, 0.15) is 18.0 Å². The number of nitrogens with zero attached hydrogens (tertiary/aromatic N) is 6. The van der Waals surface area contributed by atoms with Gasteiger partial charge in [0, 0.05) is 30.9 Å². The second kappa shape index (κ2) is 8.35. The average Bonchev–Trinajstić information content (AvgIpc) is 3.06. The number of hydrogen-bond acceptors (Lipinski definition) is 10. The number of aromatic nitrogens is 4. The van der Waals surface area contributed by atoms with Gasteiger partial charge in [-0.3, -0.25) is 4.90 Å². The number of ether oxygens (including phenoxy) is 2. The van der Waals surface area contributed by atoms with E-state index in [1.54, 1.807) is 11.8 Å². The lowest BCUT2D eigenvalue weighted by Gasteiger charge is -2.28. The van der Waals surface area contributed by atoms with Crippen molar-refractivity contribution in [1.82, 2.24) is 19.9 Å². The Morgan fingerprint density at radius 1 is 1.25 bits per heavy atom. The number of aliphatic hydroxyl groups excluding tert-OH is 1. The molecule has 0 spiro atoms. The van der Waals surface area contributed by atoms with Gasteiger partial charge in [-0.15, -0.1) is 0 Å². The predicted octanol–water partition coefficient (Wildman–Crippen LogP) is 1.08. The highest BCUT2D eigenvalue weighted by Gasteiger charge is 2.42. The number of hydrogen-bond donors (Lipinski definition) is 2. The summed E-state index contributed by atoms with van der Waals surface area (Å²) in [5.41, 5.74) is 3.52. The van der Waals surface area contributed by atoms with Crippen molar-refractivity contribution in [1.29, 1.82) is 0 Å². The maximum Gasteiger partial charge on any atom is 0.434 e. The van der Waals surface area contributed by atoms with Gasteiger partial charge >= 0.3 is 12.3 Å². The predicted molar refractivity (Wildman–Crippen MR) is 105 cm³/mol. The van der Waals surface area contributed by atoms with Crippen LogP contribution in [0.3, 0.4) is 0 Å². The summed E-state index contributed by atoms with van der Waals surface area (Å²) < 4.78 is 51.5. The molecular weight excluding hydrogens is 435 g/mol. The maximum absolute atomic E-state index is 13.7. The Labute approximate surface area is 180 Å². The number of nitrogen functional groups attached to an aromatic ring is 1. The summed E-state index contributed by atoms with van der Waals surface area (Å²) in [5.74, 6) is -0.467. The van der Waals surface area contributed by atoms with Crippen LogP contribution in [0.4, 0.5) is 35.7 Å². The number of cyclic esters (lactones) is 1. The zero-order valence-corrected chi connectivity index (χ0v) is 16.9. The Hall–Kier alpha value is -3.26. The third-order valence-corrected chi connectivity index (χ3v) is 5.14. The lowest BCUT2D eigenvalue weighted by Crippen LogP contribution is -2.40. The number of amides is 1. The fraction of sp³-hybridized carbons (Fsp3) is 0.500. The van der Waals surface area contributed by atoms with Crippen molar-refractivity contribution in [3.8, 4) is 11.3 Å². The van der Waals surface area contributed by atoms with Crippen molar-refractivity contribution in [3.63, 3.8) is 0 Å². The minimum atomic E-state index is -4.83. The number of anilines is 3. The highest BCUT2D eigenvalue weighted by atomic mass is 19.4. The molecule has 0 radical (unpaired) electrons. The molecule has 2 saturated heterocycles. The quantitative estimate of drug-likeness (QED) is 0.688. The smallest absolute Gasteiger partial charge is 0.434 e. The van der Waals surface area contributed by atoms with Gasteiger partial charge in [0.2, 0.25) is 11.9 Å². The zero-order valence-electron chi connectivity index (χ0n) is 16.9. The molecule has 0 aromatic carbocycles. The Kier molecular flexibility index (Phi) is 5.73. The molecule has 11 nitrogen and oxygen atoms in total. The lowest BCUT2D eigenvalue weighted by atomic mass is 10.1. The van der Waals surface area contributed by atoms with Gasteiger partial charge in [-0.2, -0.15) is 18.2 Å². The minimum Gasteiger partial charge on any atom is -0.444 e. The highest BCUT2D eigenvalue weighted by molar-refractivity contribution is 5.90. The van der Waals surface area contributed by atoms with Crippen molar-refractivity contribution in [2.45, 2.75) is 25.2 Å². The number of halogens is 3. The third-order valence-electron chi connectivity index (χ3n) is 5.14. The topological polar surface area (TPSA) is 140 Å². The van der Waals surface area contributed by atoms with Crippen LogP contribution < -0.4 is 15.5 Å². The third kappa shape index (κ3) is 4.10. The van der Waals surface area contributed by atoms with E-state index in [1.807, 2.05) is 0 Å². The van der Waals surface area contributed by atoms with E-state index in [9.17, 15) is 23.1 Å². The summed E-state index contributed by atoms with van der Waals surface area (Å²) in [6.45, 7) is 2.72. The van der Waals surface area contributed by atoms with Gasteiger partial charge in [0.05, 0.1) is 25.5 Å². The van der Waals surface area contributed by atoms with Crippen LogP contribution in [0, 0.1) is 0 Å². The first-order chi connectivity index (χ1) is 15.2. The first kappa shape index (κ1) is 22.0. The molecule has 4 heterocycles. The number of aliphatic hydroxyl groups is 1. The Balaban J connectivity index is 1.88. The maximum atomic E-state index is 13.7. The molecule has 2 atom stereocenters. The Bertz CT molecular complexity index is 1020. The normalized spacial score (nSPS) is 21.7. The minimum absolute atomic E-state index is 0.0187. The molecule has 32 heavy (non-hydrogen) atoms. The van der Waals surface area contributed by atoms with Crippen LogP contribution in [0.5, 0.6) is 0 Å². The molecule has 2 fully saturated rings. The Morgan fingerprint density at radius 2 is 1.97 bits per heavy atom. The molecular formula is C18H20F3N7O4. The molecule has 3 N–H and O–H groups in total. The molecule has 0 aliphatic carbocycles. The summed E-state index contributed by atoms with van der Waals surface area (Å²) in [6.07, 6.45) is -5.33. The molecule has 2 aliphatic heterocycles. The molecule has 0 saturated carbocycles. The molecule has 1 amide bonds. The number of carbonyl (C=O) groups is 1. The molecule has 2 aromatic rings. The van der Waals surface area contributed by atoms with Gasteiger partial charge in [0.15, 0.2) is 5.69 Å². The van der Waals surface area contributed by atoms with Gasteiger partial charge in [-0.05, 0) is 6.92 Å². The van der Waals surface area contributed by atoms with E-state index < -0.39 is 48.2 Å². The van der Waals surface area contributed by atoms with Gasteiger partial charge in [0.25, 0.3) is 0 Å². The number of nitrogens with two attached hydrogens (primary N) is 1. The molecule has 2 aromatic heterocycles. The Morgan fingerprint density at radius 3 is 2.62 bits per heavy atom. The monoisotopic (exact) mass is 455 g/mol. The van der Waals surface area contributed by atoms with E-state index in [4.69, 9.17) is 15.2 Å². The van der Waals surface area contributed by atoms with E-state index in [-0.39, 0.29) is 17.5 Å². The van der Waals surface area contributed by atoms with Gasteiger partial charge in [-0.25, -0.2) is 19.7 Å². The van der Waals surface area contributed by atoms with E-state index >= 15 is 0 Å². The van der Waals surface area contributed by atoms with Crippen molar-refractivity contribution in [3.05, 3.63) is 18.0 Å². The fourth-order valence-electron chi connectivity index (χ4n) is 3.52. The summed E-state index contributed by atoms with van der Waals surface area (Å²) >= 11 is 0. The van der Waals surface area contributed by atoms with E-state index in [1.165, 1.54) is 6.07 Å². The van der Waals surface area contributed by atoms with Crippen LogP contribution in [-0.2, 0) is 15.7 Å². The summed E-state index contributed by atoms with van der Waals surface area (Å²) in [7, 11) is 0. The summed E-state index contributed by atoms with van der Waals surface area (Å²) in [4.78, 5) is 31.0. The molecule has 14 heteroatoms. The molecule has 0 bridgehead atoms. The van der Waals surface area contributed by atoms with E-state index in [0.29, 0.717) is 26.3 Å². The van der Waals surface area contributed by atoms with Crippen molar-refractivity contribution < 1.29 is 32.5 Å². The van der Waals surface area contributed by atoms with Crippen LogP contribution >= 0.6 is 0 Å². The van der Waals surface area contributed by atoms with Gasteiger partial charge in [-0.1, -0.05) is 0 Å². The fourth-order valence-corrected chi connectivity index (χ4v) is 3.52. The number of carbonyl (C=O) groups excluding carboxylic acids is 1. The van der Waals surface area contributed by atoms with Crippen molar-refractivity contribution >= 4 is 23.8 Å². The van der Waals surface area contributed by atoms with E-state index in [0.717, 1.165) is 11.1 Å². The second-order valence-corrected chi connectivity index (χ2v) is 7.21. The van der Waals surface area contributed by atoms with Crippen LogP contribution in [0.1, 0.15) is 12.6 Å². The van der Waals surface area contributed by atoms with Crippen LogP contribution in [-0.4, -0.2) is 76.2 Å². The number of alkyl halides is 3. The average molecular weight is 455 g/mol. The first-order valence-electron chi connectivity index (χ1n) is 9.71. The summed E-state index contributed by atoms with van der Waals surface area (Å²) in [5, 5.41) is 9.74. The van der Waals surface area contributed by atoms with Crippen LogP contribution in [0.25, 0.3) is 11.3 Å². The van der Waals surface area contributed by atoms with Gasteiger partial charge < -0.3 is 25.2 Å². The number of morpholine rings is 1. The molecule has 0 unspecified atom stereocenters. The highest BCUT2D eigenvalue weighted by Crippen LogP contribution is 2.37. The molecule has 172 valence electrons. The summed E-state index contributed by atoms with van der Waals surface area (Å²) in [6, 6.07) is 0.434. The zero-order chi connectivity index (χ0) is 23.0. The van der Waals surface area contributed by atoms with Crippen LogP contribution in [0.15, 0.2) is 12.3 Å². The largest absolute Gasteiger partial charge is 0.444 e. The van der Waals surface area contributed by atoms with Crippen LogP contribution in [0.2, 0.25) is 0 Å². The number of rotatable bonds is 4. The standard InChI is InChI=1S/C18H20F3N7O4/c1-9-12(8-29)28(17(30)32-9)13-6-11(24-16(25-13)27-2-4-31-5-3-27)10-7-23-15(22)26-14(10)18(19,20)21/h6-7,9,12,29H,2-5,8H2,1H3,(H2,22,23,26)/t9-,12-/m0/s1. The SMILES string of the molecule is C[C@@H]1OC(=O)N(c2cc(-c3cnc(N)nc3C(F)(F)F)nc(N3CCOCC3)n2)[C@H]1CO.